The van der Waals surface area contributed by atoms with Crippen molar-refractivity contribution in [3.8, 4) is 0 Å². The summed E-state index contributed by atoms with van der Waals surface area (Å²) in [7, 11) is 0. The lowest BCUT2D eigenvalue weighted by atomic mass is 10.0. The fourth-order valence-electron chi connectivity index (χ4n) is 6.06. The molecule has 0 radical (unpaired) electrons. The molecule has 0 fully saturated rings. The standard InChI is InChI=1S/C39H78O2S/c1-3-5-6-7-8-9-10-11-12-13-14-15-16-17-18-19-20-21-22-23-24-25-26-27-28-29-30-31-32-33-34-35-36-37-38-42-41-39(40)4-2/h3-38H2,1-2H3. The summed E-state index contributed by atoms with van der Waals surface area (Å²) >= 11 is 1.33. The van der Waals surface area contributed by atoms with E-state index in [0.29, 0.717) is 6.42 Å². The molecular weight excluding hydrogens is 532 g/mol. The number of rotatable bonds is 37. The molecule has 0 atom stereocenters. The van der Waals surface area contributed by atoms with E-state index in [0.717, 1.165) is 5.75 Å². The number of hydrogen-bond donors (Lipinski definition) is 0. The van der Waals surface area contributed by atoms with Crippen LogP contribution in [0.3, 0.4) is 0 Å². The van der Waals surface area contributed by atoms with Gasteiger partial charge in [0.1, 0.15) is 0 Å². The highest BCUT2D eigenvalue weighted by Gasteiger charge is 2.00. The monoisotopic (exact) mass is 611 g/mol. The molecule has 252 valence electrons. The van der Waals surface area contributed by atoms with Crippen molar-refractivity contribution in [2.45, 2.75) is 239 Å². The molecule has 0 spiro atoms. The third kappa shape index (κ3) is 37.8. The first-order valence-electron chi connectivity index (χ1n) is 19.6. The second-order valence-electron chi connectivity index (χ2n) is 13.3. The maximum Gasteiger partial charge on any atom is 0.317 e. The summed E-state index contributed by atoms with van der Waals surface area (Å²) in [5, 5.41) is 0. The van der Waals surface area contributed by atoms with Crippen LogP contribution in [0.15, 0.2) is 0 Å². The van der Waals surface area contributed by atoms with Gasteiger partial charge in [0.2, 0.25) is 0 Å². The zero-order valence-electron chi connectivity index (χ0n) is 29.2. The van der Waals surface area contributed by atoms with Crippen molar-refractivity contribution in [3.63, 3.8) is 0 Å². The zero-order valence-corrected chi connectivity index (χ0v) is 30.0. The molecule has 0 bridgehead atoms. The summed E-state index contributed by atoms with van der Waals surface area (Å²) in [5.74, 6) is 0.854. The number of hydrogen-bond acceptors (Lipinski definition) is 3. The molecule has 0 aliphatic rings. The predicted octanol–water partition coefficient (Wildman–Crippen LogP) is 14.9. The number of unbranched alkanes of at least 4 members (excludes halogenated alkanes) is 33. The molecule has 0 N–H and O–H groups in total. The van der Waals surface area contributed by atoms with Gasteiger partial charge in [-0.1, -0.05) is 226 Å². The summed E-state index contributed by atoms with van der Waals surface area (Å²) < 4.78 is 5.04. The van der Waals surface area contributed by atoms with E-state index in [1.165, 1.54) is 230 Å². The minimum atomic E-state index is -0.0961. The molecule has 0 saturated heterocycles. The highest BCUT2D eigenvalue weighted by atomic mass is 32.2. The van der Waals surface area contributed by atoms with Crippen LogP contribution in [-0.4, -0.2) is 11.7 Å². The van der Waals surface area contributed by atoms with Crippen LogP contribution in [0.5, 0.6) is 0 Å². The number of carbonyl (C=O) groups excluding carboxylic acids is 1. The molecular formula is C39H78O2S. The summed E-state index contributed by atoms with van der Waals surface area (Å²) in [5.41, 5.74) is 0. The predicted molar refractivity (Wildman–Crippen MR) is 191 cm³/mol. The molecule has 0 aromatic heterocycles. The third-order valence-electron chi connectivity index (χ3n) is 9.02. The van der Waals surface area contributed by atoms with Gasteiger partial charge in [-0.3, -0.25) is 4.79 Å². The van der Waals surface area contributed by atoms with Gasteiger partial charge >= 0.3 is 5.97 Å². The van der Waals surface area contributed by atoms with Crippen LogP contribution in [0.1, 0.15) is 239 Å². The average molecular weight is 611 g/mol. The zero-order chi connectivity index (χ0) is 30.4. The summed E-state index contributed by atoms with van der Waals surface area (Å²) in [6, 6.07) is 0. The average Bonchev–Trinajstić information content (AvgIpc) is 3.00. The van der Waals surface area contributed by atoms with E-state index in [-0.39, 0.29) is 5.97 Å². The van der Waals surface area contributed by atoms with Crippen molar-refractivity contribution in [3.05, 3.63) is 0 Å². The van der Waals surface area contributed by atoms with Crippen molar-refractivity contribution in [1.82, 2.24) is 0 Å². The van der Waals surface area contributed by atoms with Crippen molar-refractivity contribution in [1.29, 1.82) is 0 Å². The smallest absolute Gasteiger partial charge is 0.317 e. The molecule has 0 aromatic rings. The largest absolute Gasteiger partial charge is 0.391 e. The molecule has 3 heteroatoms. The quantitative estimate of drug-likeness (QED) is 0.0517. The highest BCUT2D eigenvalue weighted by Crippen LogP contribution is 2.17. The van der Waals surface area contributed by atoms with Crippen LogP contribution < -0.4 is 0 Å². The van der Waals surface area contributed by atoms with E-state index in [1.807, 2.05) is 6.92 Å². The van der Waals surface area contributed by atoms with Crippen molar-refractivity contribution < 1.29 is 8.98 Å². The Hall–Kier alpha value is -0.180. The normalized spacial score (nSPS) is 11.4. The molecule has 0 aromatic carbocycles. The molecule has 0 amide bonds. The molecule has 0 aliphatic carbocycles. The highest BCUT2D eigenvalue weighted by molar-refractivity contribution is 7.95. The van der Waals surface area contributed by atoms with E-state index < -0.39 is 0 Å². The van der Waals surface area contributed by atoms with E-state index in [2.05, 4.69) is 6.92 Å². The molecule has 0 aliphatic heterocycles. The van der Waals surface area contributed by atoms with Gasteiger partial charge in [0.25, 0.3) is 0 Å². The van der Waals surface area contributed by atoms with Crippen molar-refractivity contribution in [2.24, 2.45) is 0 Å². The summed E-state index contributed by atoms with van der Waals surface area (Å²) in [4.78, 5) is 11.0. The van der Waals surface area contributed by atoms with E-state index in [9.17, 15) is 4.79 Å². The van der Waals surface area contributed by atoms with Gasteiger partial charge in [-0.05, 0) is 6.42 Å². The molecule has 0 unspecified atom stereocenters. The first-order chi connectivity index (χ1) is 20.8. The Bertz CT molecular complexity index is 495. The van der Waals surface area contributed by atoms with Gasteiger partial charge in [-0.25, -0.2) is 0 Å². The Labute approximate surface area is 270 Å². The van der Waals surface area contributed by atoms with Gasteiger partial charge in [0.05, 0.1) is 12.0 Å². The Morgan fingerprint density at radius 3 is 0.786 bits per heavy atom. The van der Waals surface area contributed by atoms with Gasteiger partial charge in [0, 0.05) is 12.2 Å². The minimum Gasteiger partial charge on any atom is -0.391 e. The fraction of sp³-hybridized carbons (Fsp3) is 0.974. The minimum absolute atomic E-state index is 0.0961. The summed E-state index contributed by atoms with van der Waals surface area (Å²) in [6.07, 6.45) is 49.6. The fourth-order valence-corrected chi connectivity index (χ4v) is 6.71. The molecule has 42 heavy (non-hydrogen) atoms. The van der Waals surface area contributed by atoms with Gasteiger partial charge in [-0.2, -0.15) is 0 Å². The molecule has 0 saturated carbocycles. The third-order valence-corrected chi connectivity index (χ3v) is 9.78. The van der Waals surface area contributed by atoms with Gasteiger partial charge in [-0.15, -0.1) is 0 Å². The Kier molecular flexibility index (Phi) is 38.7. The maximum atomic E-state index is 11.0. The summed E-state index contributed by atoms with van der Waals surface area (Å²) in [6.45, 7) is 4.15. The Morgan fingerprint density at radius 2 is 0.571 bits per heavy atom. The first kappa shape index (κ1) is 41.8. The molecule has 0 heterocycles. The lowest BCUT2D eigenvalue weighted by molar-refractivity contribution is -0.132. The van der Waals surface area contributed by atoms with E-state index in [1.54, 1.807) is 0 Å². The van der Waals surface area contributed by atoms with Crippen LogP contribution in [0.2, 0.25) is 0 Å². The Morgan fingerprint density at radius 1 is 0.357 bits per heavy atom. The SMILES string of the molecule is CCCCCCCCCCCCCCCCCCCCCCCCCCCCCCCCCCCCSOC(=O)CC. The number of carbonyl (C=O) groups is 1. The topological polar surface area (TPSA) is 26.3 Å². The van der Waals surface area contributed by atoms with Crippen LogP contribution >= 0.6 is 12.0 Å². The van der Waals surface area contributed by atoms with Gasteiger partial charge in [0.15, 0.2) is 0 Å². The van der Waals surface area contributed by atoms with Crippen molar-refractivity contribution in [2.75, 3.05) is 5.75 Å². The lowest BCUT2D eigenvalue weighted by Gasteiger charge is -2.05. The lowest BCUT2D eigenvalue weighted by Crippen LogP contribution is -1.96. The van der Waals surface area contributed by atoms with Crippen LogP contribution in [0, 0.1) is 0 Å². The van der Waals surface area contributed by atoms with Crippen LogP contribution in [0.4, 0.5) is 0 Å². The van der Waals surface area contributed by atoms with E-state index in [4.69, 9.17) is 4.18 Å². The van der Waals surface area contributed by atoms with Crippen molar-refractivity contribution >= 4 is 18.0 Å². The van der Waals surface area contributed by atoms with E-state index >= 15 is 0 Å². The first-order valence-corrected chi connectivity index (χ1v) is 20.5. The molecule has 0 rings (SSSR count). The second kappa shape index (κ2) is 38.8. The molecule has 2 nitrogen and oxygen atoms in total. The second-order valence-corrected chi connectivity index (χ2v) is 14.1. The maximum absolute atomic E-state index is 11.0. The van der Waals surface area contributed by atoms with Crippen LogP contribution in [-0.2, 0) is 8.98 Å². The van der Waals surface area contributed by atoms with Crippen LogP contribution in [0.25, 0.3) is 0 Å². The van der Waals surface area contributed by atoms with Gasteiger partial charge < -0.3 is 4.18 Å². The Balaban J connectivity index is 3.04.